The molecule has 1 aliphatic rings. The van der Waals surface area contributed by atoms with Gasteiger partial charge in [-0.15, -0.1) is 0 Å². The highest BCUT2D eigenvalue weighted by Gasteiger charge is 2.25. The van der Waals surface area contributed by atoms with Gasteiger partial charge in [-0.3, -0.25) is 9.88 Å². The Morgan fingerprint density at radius 3 is 2.67 bits per heavy atom. The molecule has 1 saturated heterocycles. The molecule has 4 nitrogen and oxygen atoms in total. The lowest BCUT2D eigenvalue weighted by molar-refractivity contribution is 0.0265. The van der Waals surface area contributed by atoms with Gasteiger partial charge >= 0.3 is 0 Å². The molecule has 0 bridgehead atoms. The maximum atomic E-state index is 5.90. The molecule has 1 fully saturated rings. The van der Waals surface area contributed by atoms with Crippen LogP contribution < -0.4 is 5.73 Å². The highest BCUT2D eigenvalue weighted by Crippen LogP contribution is 2.20. The molecule has 2 unspecified atom stereocenters. The number of likely N-dealkylation sites (N-methyl/N-ethyl adjacent to an activating group) is 1. The van der Waals surface area contributed by atoms with E-state index in [0.29, 0.717) is 12.6 Å². The first-order valence-electron chi connectivity index (χ1n) is 6.78. The summed E-state index contributed by atoms with van der Waals surface area (Å²) < 4.78 is 5.90. The number of nitrogens with two attached hydrogens (primary N) is 1. The summed E-state index contributed by atoms with van der Waals surface area (Å²) in [6.07, 6.45) is 6.55. The van der Waals surface area contributed by atoms with E-state index in [4.69, 9.17) is 10.5 Å². The first kappa shape index (κ1) is 13.5. The van der Waals surface area contributed by atoms with E-state index in [2.05, 4.69) is 28.9 Å². The lowest BCUT2D eigenvalue weighted by Crippen LogP contribution is -2.33. The van der Waals surface area contributed by atoms with Crippen LogP contribution in [0.25, 0.3) is 0 Å². The third-order valence-corrected chi connectivity index (χ3v) is 3.52. The van der Waals surface area contributed by atoms with Crippen molar-refractivity contribution in [3.63, 3.8) is 0 Å². The minimum absolute atomic E-state index is 0.273. The molecule has 0 saturated carbocycles. The zero-order valence-electron chi connectivity index (χ0n) is 11.1. The predicted octanol–water partition coefficient (Wildman–Crippen LogP) is 1.41. The second-order valence-corrected chi connectivity index (χ2v) is 4.88. The third-order valence-electron chi connectivity index (χ3n) is 3.52. The number of rotatable bonds is 6. The molecular formula is C14H23N3O. The second-order valence-electron chi connectivity index (χ2n) is 4.88. The van der Waals surface area contributed by atoms with Gasteiger partial charge < -0.3 is 10.5 Å². The lowest BCUT2D eigenvalue weighted by Gasteiger charge is -2.24. The van der Waals surface area contributed by atoms with Gasteiger partial charge in [-0.05, 0) is 37.1 Å². The van der Waals surface area contributed by atoms with Crippen LogP contribution in [0.4, 0.5) is 0 Å². The molecule has 0 amide bonds. The Morgan fingerprint density at radius 2 is 2.06 bits per heavy atom. The van der Waals surface area contributed by atoms with Crippen LogP contribution in [0, 0.1) is 0 Å². The SMILES string of the molecule is CCN(Cc1ccncc1)CC1CCC(CN)O1. The molecule has 1 aliphatic heterocycles. The normalized spacial score (nSPS) is 23.7. The molecule has 0 radical (unpaired) electrons. The maximum absolute atomic E-state index is 5.90. The standard InChI is InChI=1S/C14H23N3O/c1-2-17(10-12-5-7-16-8-6-12)11-14-4-3-13(9-15)18-14/h5-8,13-14H,2-4,9-11,15H2,1H3. The lowest BCUT2D eigenvalue weighted by atomic mass is 10.1. The van der Waals surface area contributed by atoms with E-state index in [1.165, 1.54) is 5.56 Å². The molecule has 4 heteroatoms. The van der Waals surface area contributed by atoms with Crippen molar-refractivity contribution in [3.8, 4) is 0 Å². The Balaban J connectivity index is 1.83. The van der Waals surface area contributed by atoms with Crippen molar-refractivity contribution in [1.29, 1.82) is 0 Å². The number of hydrogen-bond donors (Lipinski definition) is 1. The van der Waals surface area contributed by atoms with Gasteiger partial charge in [-0.25, -0.2) is 0 Å². The van der Waals surface area contributed by atoms with Crippen molar-refractivity contribution in [2.24, 2.45) is 5.73 Å². The molecule has 18 heavy (non-hydrogen) atoms. The zero-order chi connectivity index (χ0) is 12.8. The smallest absolute Gasteiger partial charge is 0.0707 e. The fourth-order valence-electron chi connectivity index (χ4n) is 2.43. The molecule has 1 aromatic heterocycles. The fraction of sp³-hybridized carbons (Fsp3) is 0.643. The molecule has 0 spiro atoms. The zero-order valence-corrected chi connectivity index (χ0v) is 11.1. The van der Waals surface area contributed by atoms with Crippen molar-refractivity contribution in [3.05, 3.63) is 30.1 Å². The summed E-state index contributed by atoms with van der Waals surface area (Å²) in [7, 11) is 0. The van der Waals surface area contributed by atoms with Crippen LogP contribution in [0.2, 0.25) is 0 Å². The topological polar surface area (TPSA) is 51.4 Å². The minimum atomic E-state index is 0.273. The molecule has 100 valence electrons. The molecule has 0 aliphatic carbocycles. The van der Waals surface area contributed by atoms with E-state index in [-0.39, 0.29) is 6.10 Å². The van der Waals surface area contributed by atoms with Crippen LogP contribution in [-0.4, -0.2) is 41.7 Å². The average molecular weight is 249 g/mol. The van der Waals surface area contributed by atoms with Crippen molar-refractivity contribution >= 4 is 0 Å². The summed E-state index contributed by atoms with van der Waals surface area (Å²) in [5.41, 5.74) is 6.94. The first-order valence-corrected chi connectivity index (χ1v) is 6.78. The molecule has 2 atom stereocenters. The van der Waals surface area contributed by atoms with Crippen LogP contribution >= 0.6 is 0 Å². The van der Waals surface area contributed by atoms with Crippen LogP contribution in [0.1, 0.15) is 25.3 Å². The van der Waals surface area contributed by atoms with Gasteiger partial charge in [0.1, 0.15) is 0 Å². The Bertz CT molecular complexity index is 344. The van der Waals surface area contributed by atoms with Crippen LogP contribution in [0.5, 0.6) is 0 Å². The number of hydrogen-bond acceptors (Lipinski definition) is 4. The van der Waals surface area contributed by atoms with Gasteiger partial charge in [0.05, 0.1) is 12.2 Å². The van der Waals surface area contributed by atoms with E-state index in [1.54, 1.807) is 0 Å². The van der Waals surface area contributed by atoms with E-state index in [1.807, 2.05) is 12.4 Å². The van der Waals surface area contributed by atoms with Gasteiger partial charge in [-0.1, -0.05) is 6.92 Å². The summed E-state index contributed by atoms with van der Waals surface area (Å²) in [5.74, 6) is 0. The maximum Gasteiger partial charge on any atom is 0.0707 e. The predicted molar refractivity (Wildman–Crippen MR) is 72.1 cm³/mol. The van der Waals surface area contributed by atoms with Gasteiger partial charge in [0.25, 0.3) is 0 Å². The largest absolute Gasteiger partial charge is 0.372 e. The van der Waals surface area contributed by atoms with E-state index >= 15 is 0 Å². The number of aromatic nitrogens is 1. The second kappa shape index (κ2) is 6.83. The van der Waals surface area contributed by atoms with E-state index in [0.717, 1.165) is 32.5 Å². The summed E-state index contributed by atoms with van der Waals surface area (Å²) in [6.45, 7) is 5.83. The van der Waals surface area contributed by atoms with Gasteiger partial charge in [0.2, 0.25) is 0 Å². The highest BCUT2D eigenvalue weighted by atomic mass is 16.5. The molecule has 2 rings (SSSR count). The number of pyridine rings is 1. The van der Waals surface area contributed by atoms with Crippen molar-refractivity contribution in [1.82, 2.24) is 9.88 Å². The first-order chi connectivity index (χ1) is 8.81. The van der Waals surface area contributed by atoms with Crippen LogP contribution in [-0.2, 0) is 11.3 Å². The van der Waals surface area contributed by atoms with Crippen LogP contribution in [0.15, 0.2) is 24.5 Å². The molecule has 2 heterocycles. The van der Waals surface area contributed by atoms with E-state index in [9.17, 15) is 0 Å². The fourth-order valence-corrected chi connectivity index (χ4v) is 2.43. The van der Waals surface area contributed by atoms with Crippen molar-refractivity contribution in [2.45, 2.75) is 38.5 Å². The van der Waals surface area contributed by atoms with Gasteiger partial charge in [0.15, 0.2) is 0 Å². The molecule has 0 aromatic carbocycles. The molecule has 2 N–H and O–H groups in total. The Morgan fingerprint density at radius 1 is 1.33 bits per heavy atom. The summed E-state index contributed by atoms with van der Waals surface area (Å²) in [6, 6.07) is 4.14. The Hall–Kier alpha value is -0.970. The third kappa shape index (κ3) is 3.77. The number of nitrogens with zero attached hydrogens (tertiary/aromatic N) is 2. The summed E-state index contributed by atoms with van der Waals surface area (Å²) >= 11 is 0. The van der Waals surface area contributed by atoms with Crippen molar-refractivity contribution in [2.75, 3.05) is 19.6 Å². The number of ether oxygens (including phenoxy) is 1. The summed E-state index contributed by atoms with van der Waals surface area (Å²) in [4.78, 5) is 6.46. The average Bonchev–Trinajstić information content (AvgIpc) is 2.87. The molecule has 1 aromatic rings. The molecular weight excluding hydrogens is 226 g/mol. The quantitative estimate of drug-likeness (QED) is 0.828. The Labute approximate surface area is 109 Å². The van der Waals surface area contributed by atoms with E-state index < -0.39 is 0 Å². The minimum Gasteiger partial charge on any atom is -0.372 e. The van der Waals surface area contributed by atoms with Gasteiger partial charge in [-0.2, -0.15) is 0 Å². The highest BCUT2D eigenvalue weighted by molar-refractivity contribution is 5.09. The van der Waals surface area contributed by atoms with Crippen molar-refractivity contribution < 1.29 is 4.74 Å². The monoisotopic (exact) mass is 249 g/mol. The van der Waals surface area contributed by atoms with Crippen LogP contribution in [0.3, 0.4) is 0 Å². The van der Waals surface area contributed by atoms with Gasteiger partial charge in [0, 0.05) is 32.0 Å². The Kier molecular flexibility index (Phi) is 5.11. The summed E-state index contributed by atoms with van der Waals surface area (Å²) in [5, 5.41) is 0.